The van der Waals surface area contributed by atoms with E-state index in [9.17, 15) is 4.79 Å². The second-order valence-electron chi connectivity index (χ2n) is 3.32. The number of hydrogen-bond donors (Lipinski definition) is 1. The van der Waals surface area contributed by atoms with E-state index < -0.39 is 12.6 Å². The predicted molar refractivity (Wildman–Crippen MR) is 63.4 cm³/mol. The number of carbonyl (C=O) groups is 1. The Morgan fingerprint density at radius 1 is 1.41 bits per heavy atom. The Balaban J connectivity index is 2.42. The summed E-state index contributed by atoms with van der Waals surface area (Å²) in [5.41, 5.74) is 0.819. The van der Waals surface area contributed by atoms with Crippen LogP contribution in [-0.4, -0.2) is 30.5 Å². The van der Waals surface area contributed by atoms with Crippen LogP contribution in [0.25, 0.3) is 0 Å². The quantitative estimate of drug-likeness (QED) is 0.581. The predicted octanol–water partition coefficient (Wildman–Crippen LogP) is 1.91. The van der Waals surface area contributed by atoms with Gasteiger partial charge in [0.15, 0.2) is 0 Å². The van der Waals surface area contributed by atoms with E-state index in [1.54, 1.807) is 0 Å². The van der Waals surface area contributed by atoms with Gasteiger partial charge in [-0.1, -0.05) is 12.1 Å². The molecule has 0 spiro atoms. The van der Waals surface area contributed by atoms with Crippen LogP contribution in [-0.2, 0) is 9.63 Å². The number of carboxylic acids is 1. The lowest BCUT2D eigenvalue weighted by molar-refractivity contribution is -0.142. The van der Waals surface area contributed by atoms with Crippen molar-refractivity contribution in [2.45, 2.75) is 13.3 Å². The largest absolute Gasteiger partial charge is 0.494 e. The maximum atomic E-state index is 10.1. The van der Waals surface area contributed by atoms with Gasteiger partial charge in [0, 0.05) is 0 Å². The van der Waals surface area contributed by atoms with Crippen LogP contribution in [0.3, 0.4) is 0 Å². The second kappa shape index (κ2) is 7.27. The highest BCUT2D eigenvalue weighted by molar-refractivity contribution is 5.79. The smallest absolute Gasteiger partial charge is 0.344 e. The van der Waals surface area contributed by atoms with Gasteiger partial charge in [0.2, 0.25) is 6.61 Å². The van der Waals surface area contributed by atoms with Crippen molar-refractivity contribution < 1.29 is 19.5 Å². The molecule has 0 amide bonds. The van der Waals surface area contributed by atoms with E-state index in [0.717, 1.165) is 17.7 Å². The number of rotatable bonds is 7. The van der Waals surface area contributed by atoms with Crippen molar-refractivity contribution in [1.82, 2.24) is 0 Å². The Morgan fingerprint density at radius 2 is 2.12 bits per heavy atom. The van der Waals surface area contributed by atoms with Crippen LogP contribution < -0.4 is 4.74 Å². The summed E-state index contributed by atoms with van der Waals surface area (Å²) in [6.07, 6.45) is 2.42. The van der Waals surface area contributed by atoms with Crippen molar-refractivity contribution in [2.75, 3.05) is 13.2 Å². The molecular weight excluding hydrogens is 222 g/mol. The third kappa shape index (κ3) is 5.55. The lowest BCUT2D eigenvalue weighted by atomic mass is 10.2. The normalized spacial score (nSPS) is 10.4. The van der Waals surface area contributed by atoms with Crippen molar-refractivity contribution in [2.24, 2.45) is 5.16 Å². The maximum absolute atomic E-state index is 10.1. The minimum atomic E-state index is -1.05. The van der Waals surface area contributed by atoms with Crippen molar-refractivity contribution in [3.63, 3.8) is 0 Å². The van der Waals surface area contributed by atoms with Gasteiger partial charge in [-0.3, -0.25) is 0 Å². The van der Waals surface area contributed by atoms with Gasteiger partial charge in [-0.25, -0.2) is 4.79 Å². The van der Waals surface area contributed by atoms with Gasteiger partial charge in [0.25, 0.3) is 0 Å². The first-order chi connectivity index (χ1) is 8.22. The molecule has 0 aliphatic carbocycles. The highest BCUT2D eigenvalue weighted by Gasteiger charge is 1.95. The summed E-state index contributed by atoms with van der Waals surface area (Å²) in [7, 11) is 0. The Labute approximate surface area is 99.7 Å². The molecule has 0 saturated carbocycles. The molecule has 0 aromatic heterocycles. The maximum Gasteiger partial charge on any atom is 0.344 e. The molecule has 0 fully saturated rings. The van der Waals surface area contributed by atoms with Crippen LogP contribution in [0, 0.1) is 0 Å². The van der Waals surface area contributed by atoms with E-state index in [1.165, 1.54) is 6.21 Å². The first kappa shape index (κ1) is 13.0. The molecule has 0 bridgehead atoms. The van der Waals surface area contributed by atoms with Gasteiger partial charge in [0.1, 0.15) is 5.75 Å². The molecular formula is C12H15NO4. The minimum absolute atomic E-state index is 0.436. The molecule has 1 rings (SSSR count). The Bertz CT molecular complexity index is 373. The lowest BCUT2D eigenvalue weighted by Gasteiger charge is -2.03. The SMILES string of the molecule is CCCOc1ccc(C=NOCC(=O)O)cc1. The fraction of sp³-hybridized carbons (Fsp3) is 0.333. The summed E-state index contributed by atoms with van der Waals surface area (Å²) >= 11 is 0. The van der Waals surface area contributed by atoms with Crippen LogP contribution in [0.2, 0.25) is 0 Å². The van der Waals surface area contributed by atoms with Crippen LogP contribution in [0.15, 0.2) is 29.4 Å². The van der Waals surface area contributed by atoms with Crippen molar-refractivity contribution in [3.05, 3.63) is 29.8 Å². The van der Waals surface area contributed by atoms with Gasteiger partial charge in [-0.15, -0.1) is 0 Å². The van der Waals surface area contributed by atoms with Gasteiger partial charge in [-0.2, -0.15) is 0 Å². The number of benzene rings is 1. The summed E-state index contributed by atoms with van der Waals surface area (Å²) in [5, 5.41) is 11.8. The molecule has 17 heavy (non-hydrogen) atoms. The number of oxime groups is 1. The van der Waals surface area contributed by atoms with E-state index >= 15 is 0 Å². The number of ether oxygens (including phenoxy) is 1. The topological polar surface area (TPSA) is 68.1 Å². The molecule has 0 aliphatic heterocycles. The monoisotopic (exact) mass is 237 g/mol. The number of carboxylic acid groups (broad SMARTS) is 1. The molecule has 5 heteroatoms. The third-order valence-corrected chi connectivity index (χ3v) is 1.82. The zero-order valence-corrected chi connectivity index (χ0v) is 9.63. The molecule has 5 nitrogen and oxygen atoms in total. The molecule has 0 radical (unpaired) electrons. The Hall–Kier alpha value is -2.04. The first-order valence-corrected chi connectivity index (χ1v) is 5.32. The third-order valence-electron chi connectivity index (χ3n) is 1.82. The van der Waals surface area contributed by atoms with Crippen LogP contribution in [0.5, 0.6) is 5.75 Å². The Morgan fingerprint density at radius 3 is 2.71 bits per heavy atom. The first-order valence-electron chi connectivity index (χ1n) is 5.32. The molecule has 0 saturated heterocycles. The van der Waals surface area contributed by atoms with E-state index in [2.05, 4.69) is 9.99 Å². The number of hydrogen-bond acceptors (Lipinski definition) is 4. The van der Waals surface area contributed by atoms with E-state index in [0.29, 0.717) is 6.61 Å². The molecule has 1 aromatic carbocycles. The molecule has 1 aromatic rings. The average Bonchev–Trinajstić information content (AvgIpc) is 2.33. The van der Waals surface area contributed by atoms with Crippen LogP contribution in [0.1, 0.15) is 18.9 Å². The summed E-state index contributed by atoms with van der Waals surface area (Å²) in [6, 6.07) is 7.29. The summed E-state index contributed by atoms with van der Waals surface area (Å²) in [5.74, 6) is -0.249. The second-order valence-corrected chi connectivity index (χ2v) is 3.32. The molecule has 0 unspecified atom stereocenters. The standard InChI is InChI=1S/C12H15NO4/c1-2-7-16-11-5-3-10(4-6-11)8-13-17-9-12(14)15/h3-6,8H,2,7,9H2,1H3,(H,14,15). The molecule has 92 valence electrons. The minimum Gasteiger partial charge on any atom is -0.494 e. The van der Waals surface area contributed by atoms with Crippen LogP contribution in [0.4, 0.5) is 0 Å². The van der Waals surface area contributed by atoms with Gasteiger partial charge < -0.3 is 14.7 Å². The zero-order valence-electron chi connectivity index (χ0n) is 9.63. The average molecular weight is 237 g/mol. The van der Waals surface area contributed by atoms with Crippen molar-refractivity contribution >= 4 is 12.2 Å². The van der Waals surface area contributed by atoms with Gasteiger partial charge in [-0.05, 0) is 36.2 Å². The molecule has 0 aliphatic rings. The van der Waals surface area contributed by atoms with Crippen LogP contribution >= 0.6 is 0 Å². The molecule has 1 N–H and O–H groups in total. The summed E-state index contributed by atoms with van der Waals surface area (Å²) in [6.45, 7) is 2.30. The van der Waals surface area contributed by atoms with Gasteiger partial charge in [0.05, 0.1) is 12.8 Å². The van der Waals surface area contributed by atoms with Gasteiger partial charge >= 0.3 is 5.97 Å². The highest BCUT2D eigenvalue weighted by Crippen LogP contribution is 2.11. The lowest BCUT2D eigenvalue weighted by Crippen LogP contribution is -2.03. The van der Waals surface area contributed by atoms with Crippen molar-refractivity contribution in [3.8, 4) is 5.75 Å². The molecule has 0 heterocycles. The number of nitrogens with zero attached hydrogens (tertiary/aromatic N) is 1. The van der Waals surface area contributed by atoms with Crippen molar-refractivity contribution in [1.29, 1.82) is 0 Å². The summed E-state index contributed by atoms with van der Waals surface area (Å²) in [4.78, 5) is 14.7. The summed E-state index contributed by atoms with van der Waals surface area (Å²) < 4.78 is 5.41. The highest BCUT2D eigenvalue weighted by atomic mass is 16.6. The fourth-order valence-corrected chi connectivity index (χ4v) is 1.06. The van der Waals surface area contributed by atoms with E-state index in [4.69, 9.17) is 9.84 Å². The van der Waals surface area contributed by atoms with E-state index in [-0.39, 0.29) is 0 Å². The molecule has 0 atom stereocenters. The van der Waals surface area contributed by atoms with E-state index in [1.807, 2.05) is 31.2 Å². The number of aliphatic carboxylic acids is 1. The fourth-order valence-electron chi connectivity index (χ4n) is 1.06. The Kier molecular flexibility index (Phi) is 5.57. The zero-order chi connectivity index (χ0) is 12.5.